The third-order valence-corrected chi connectivity index (χ3v) is 3.48. The first-order valence-electron chi connectivity index (χ1n) is 6.65. The number of methoxy groups -OCH3 is 1. The highest BCUT2D eigenvalue weighted by Crippen LogP contribution is 2.38. The molecule has 1 saturated heterocycles. The Morgan fingerprint density at radius 2 is 2.05 bits per heavy atom. The molecule has 1 heterocycles. The highest BCUT2D eigenvalue weighted by molar-refractivity contribution is 5.79. The van der Waals surface area contributed by atoms with Crippen molar-refractivity contribution in [2.75, 3.05) is 33.5 Å². The molecule has 2 rings (SSSR count). The van der Waals surface area contributed by atoms with E-state index in [1.165, 1.54) is 5.56 Å². The van der Waals surface area contributed by atoms with Crippen LogP contribution < -0.4 is 0 Å². The van der Waals surface area contributed by atoms with Gasteiger partial charge in [-0.25, -0.2) is 0 Å². The molecule has 2 atom stereocenters. The van der Waals surface area contributed by atoms with Gasteiger partial charge in [0.15, 0.2) is 0 Å². The highest BCUT2D eigenvalue weighted by atomic mass is 16.5. The first kappa shape index (κ1) is 14.0. The number of likely N-dealkylation sites (tertiary alicyclic amines) is 1. The lowest BCUT2D eigenvalue weighted by Gasteiger charge is -2.47. The molecule has 0 N–H and O–H groups in total. The molecule has 0 unspecified atom stereocenters. The monoisotopic (exact) mass is 263 g/mol. The van der Waals surface area contributed by atoms with Crippen molar-refractivity contribution in [2.45, 2.75) is 13.0 Å². The van der Waals surface area contributed by atoms with E-state index in [2.05, 4.69) is 19.1 Å². The summed E-state index contributed by atoms with van der Waals surface area (Å²) < 4.78 is 10.2. The summed E-state index contributed by atoms with van der Waals surface area (Å²) in [6.07, 6.45) is 0. The molecule has 0 aliphatic carbocycles. The van der Waals surface area contributed by atoms with Gasteiger partial charge >= 0.3 is 0 Å². The van der Waals surface area contributed by atoms with Crippen LogP contribution in [0.3, 0.4) is 0 Å². The van der Waals surface area contributed by atoms with E-state index < -0.39 is 0 Å². The van der Waals surface area contributed by atoms with Crippen LogP contribution in [0.5, 0.6) is 0 Å². The van der Waals surface area contributed by atoms with E-state index in [0.29, 0.717) is 19.1 Å². The van der Waals surface area contributed by atoms with Crippen LogP contribution >= 0.6 is 0 Å². The van der Waals surface area contributed by atoms with E-state index in [9.17, 15) is 4.79 Å². The lowest BCUT2D eigenvalue weighted by atomic mass is 9.85. The molecule has 0 saturated carbocycles. The van der Waals surface area contributed by atoms with Crippen molar-refractivity contribution in [1.82, 2.24) is 4.90 Å². The minimum Gasteiger partial charge on any atom is -0.382 e. The lowest BCUT2D eigenvalue weighted by molar-refractivity contribution is -0.149. The van der Waals surface area contributed by atoms with Crippen LogP contribution in [0.2, 0.25) is 0 Å². The molecule has 1 aromatic carbocycles. The molecule has 104 valence electrons. The van der Waals surface area contributed by atoms with E-state index in [1.807, 2.05) is 23.1 Å². The number of amides is 1. The van der Waals surface area contributed by atoms with Crippen molar-refractivity contribution in [3.63, 3.8) is 0 Å². The van der Waals surface area contributed by atoms with Gasteiger partial charge in [-0.15, -0.1) is 0 Å². The largest absolute Gasteiger partial charge is 0.382 e. The predicted octanol–water partition coefficient (Wildman–Crippen LogP) is 1.87. The van der Waals surface area contributed by atoms with Gasteiger partial charge in [-0.2, -0.15) is 0 Å². The quantitative estimate of drug-likeness (QED) is 0.735. The van der Waals surface area contributed by atoms with Crippen molar-refractivity contribution >= 4 is 5.91 Å². The molecular weight excluding hydrogens is 242 g/mol. The Kier molecular flexibility index (Phi) is 4.93. The maximum absolute atomic E-state index is 12.1. The summed E-state index contributed by atoms with van der Waals surface area (Å²) in [5.74, 6) is 0.563. The van der Waals surface area contributed by atoms with Gasteiger partial charge in [0.25, 0.3) is 0 Å². The second kappa shape index (κ2) is 6.68. The molecule has 1 amide bonds. The predicted molar refractivity (Wildman–Crippen MR) is 72.8 cm³/mol. The van der Waals surface area contributed by atoms with Crippen LogP contribution in [0, 0.1) is 5.92 Å². The SMILES string of the molecule is COCCOCC(=O)N1C[C@@H](C)[C@@H]1c1ccccc1. The van der Waals surface area contributed by atoms with Gasteiger partial charge in [-0.3, -0.25) is 4.79 Å². The molecule has 0 bridgehead atoms. The second-order valence-electron chi connectivity index (χ2n) is 4.92. The zero-order valence-corrected chi connectivity index (χ0v) is 11.5. The molecule has 0 radical (unpaired) electrons. The van der Waals surface area contributed by atoms with Crippen molar-refractivity contribution in [2.24, 2.45) is 5.92 Å². The number of carbonyl (C=O) groups excluding carboxylic acids is 1. The number of nitrogens with zero attached hydrogens (tertiary/aromatic N) is 1. The van der Waals surface area contributed by atoms with Crippen LogP contribution in [-0.4, -0.2) is 44.3 Å². The molecule has 4 nitrogen and oxygen atoms in total. The smallest absolute Gasteiger partial charge is 0.249 e. The fraction of sp³-hybridized carbons (Fsp3) is 0.533. The Morgan fingerprint density at radius 3 is 2.68 bits per heavy atom. The first-order valence-corrected chi connectivity index (χ1v) is 6.65. The number of ether oxygens (including phenoxy) is 2. The molecule has 1 fully saturated rings. The van der Waals surface area contributed by atoms with Gasteiger partial charge in [0.1, 0.15) is 6.61 Å². The summed E-state index contributed by atoms with van der Waals surface area (Å²) in [7, 11) is 1.62. The Labute approximate surface area is 114 Å². The van der Waals surface area contributed by atoms with Crippen molar-refractivity contribution < 1.29 is 14.3 Å². The number of hydrogen-bond acceptors (Lipinski definition) is 3. The Morgan fingerprint density at radius 1 is 1.32 bits per heavy atom. The van der Waals surface area contributed by atoms with Crippen LogP contribution in [-0.2, 0) is 14.3 Å². The number of benzene rings is 1. The average Bonchev–Trinajstić information content (AvgIpc) is 2.42. The van der Waals surface area contributed by atoms with E-state index in [0.717, 1.165) is 6.54 Å². The molecule has 0 spiro atoms. The Hall–Kier alpha value is -1.39. The first-order chi connectivity index (χ1) is 9.24. The zero-order valence-electron chi connectivity index (χ0n) is 11.5. The van der Waals surface area contributed by atoms with Crippen molar-refractivity contribution in [1.29, 1.82) is 0 Å². The number of rotatable bonds is 6. The Balaban J connectivity index is 1.88. The summed E-state index contributed by atoms with van der Waals surface area (Å²) in [4.78, 5) is 14.0. The van der Waals surface area contributed by atoms with E-state index in [-0.39, 0.29) is 18.6 Å². The summed E-state index contributed by atoms with van der Waals surface area (Å²) in [6.45, 7) is 4.10. The topological polar surface area (TPSA) is 38.8 Å². The zero-order chi connectivity index (χ0) is 13.7. The molecule has 0 aromatic heterocycles. The van der Waals surface area contributed by atoms with Gasteiger partial charge < -0.3 is 14.4 Å². The molecule has 1 aliphatic rings. The van der Waals surface area contributed by atoms with Crippen molar-refractivity contribution in [3.05, 3.63) is 35.9 Å². The summed E-state index contributed by atoms with van der Waals surface area (Å²) in [5.41, 5.74) is 1.20. The summed E-state index contributed by atoms with van der Waals surface area (Å²) in [5, 5.41) is 0. The maximum Gasteiger partial charge on any atom is 0.249 e. The molecule has 19 heavy (non-hydrogen) atoms. The highest BCUT2D eigenvalue weighted by Gasteiger charge is 2.39. The van der Waals surface area contributed by atoms with Crippen LogP contribution in [0.1, 0.15) is 18.5 Å². The van der Waals surface area contributed by atoms with Crippen LogP contribution in [0.15, 0.2) is 30.3 Å². The van der Waals surface area contributed by atoms with Gasteiger partial charge in [-0.1, -0.05) is 37.3 Å². The fourth-order valence-electron chi connectivity index (χ4n) is 2.49. The maximum atomic E-state index is 12.1. The molecule has 1 aliphatic heterocycles. The number of carbonyl (C=O) groups is 1. The third kappa shape index (κ3) is 3.33. The van der Waals surface area contributed by atoms with Crippen LogP contribution in [0.4, 0.5) is 0 Å². The van der Waals surface area contributed by atoms with Gasteiger partial charge in [-0.05, 0) is 11.5 Å². The third-order valence-electron chi connectivity index (χ3n) is 3.48. The minimum absolute atomic E-state index is 0.0584. The van der Waals surface area contributed by atoms with Crippen LogP contribution in [0.25, 0.3) is 0 Å². The summed E-state index contributed by atoms with van der Waals surface area (Å²) in [6, 6.07) is 10.4. The average molecular weight is 263 g/mol. The van der Waals surface area contributed by atoms with Gasteiger partial charge in [0, 0.05) is 13.7 Å². The van der Waals surface area contributed by atoms with Gasteiger partial charge in [0.2, 0.25) is 5.91 Å². The van der Waals surface area contributed by atoms with Crippen molar-refractivity contribution in [3.8, 4) is 0 Å². The standard InChI is InChI=1S/C15H21NO3/c1-12-10-16(14(17)11-19-9-8-18-2)15(12)13-6-4-3-5-7-13/h3-7,12,15H,8-11H2,1-2H3/t12-,15-/m1/s1. The lowest BCUT2D eigenvalue weighted by Crippen LogP contribution is -2.52. The fourth-order valence-corrected chi connectivity index (χ4v) is 2.49. The number of hydrogen-bond donors (Lipinski definition) is 0. The van der Waals surface area contributed by atoms with E-state index in [4.69, 9.17) is 9.47 Å². The van der Waals surface area contributed by atoms with E-state index >= 15 is 0 Å². The molecule has 4 heteroatoms. The van der Waals surface area contributed by atoms with Gasteiger partial charge in [0.05, 0.1) is 19.3 Å². The molecular formula is C15H21NO3. The molecule has 1 aromatic rings. The second-order valence-corrected chi connectivity index (χ2v) is 4.92. The minimum atomic E-state index is 0.0584. The normalized spacial score (nSPS) is 22.1. The van der Waals surface area contributed by atoms with E-state index in [1.54, 1.807) is 7.11 Å². The Bertz CT molecular complexity index is 407. The summed E-state index contributed by atoms with van der Waals surface area (Å²) >= 11 is 0.